The van der Waals surface area contributed by atoms with Crippen LogP contribution in [0.4, 0.5) is 5.69 Å². The second kappa shape index (κ2) is 4.01. The van der Waals surface area contributed by atoms with E-state index in [1.165, 1.54) is 0 Å². The molecule has 0 atom stereocenters. The molecule has 74 valence electrons. The van der Waals surface area contributed by atoms with Gasteiger partial charge >= 0.3 is 0 Å². The lowest BCUT2D eigenvalue weighted by Crippen LogP contribution is -2.14. The first-order valence-corrected chi connectivity index (χ1v) is 4.08. The molecule has 6 nitrogen and oxygen atoms in total. The van der Waals surface area contributed by atoms with Gasteiger partial charge in [-0.1, -0.05) is 0 Å². The van der Waals surface area contributed by atoms with Crippen LogP contribution in [-0.2, 0) is 5.88 Å². The summed E-state index contributed by atoms with van der Waals surface area (Å²) in [5.41, 5.74) is 4.94. The van der Waals surface area contributed by atoms with Crippen molar-refractivity contribution in [1.29, 1.82) is 0 Å². The van der Waals surface area contributed by atoms with Crippen LogP contribution in [-0.4, -0.2) is 15.8 Å². The molecule has 0 aliphatic carbocycles. The smallest absolute Gasteiger partial charge is 0.288 e. The quantitative estimate of drug-likeness (QED) is 0.458. The minimum atomic E-state index is -0.781. The molecular formula is C7H6ClN3O3. The number of rotatable bonds is 3. The Labute approximate surface area is 83.8 Å². The number of alkyl halides is 1. The number of nitro groups is 1. The van der Waals surface area contributed by atoms with Gasteiger partial charge in [0, 0.05) is 6.07 Å². The highest BCUT2D eigenvalue weighted by Gasteiger charge is 2.14. The monoisotopic (exact) mass is 215 g/mol. The van der Waals surface area contributed by atoms with Crippen LogP contribution < -0.4 is 5.73 Å². The molecule has 2 N–H and O–H groups in total. The number of primary amides is 1. The Morgan fingerprint density at radius 3 is 2.79 bits per heavy atom. The van der Waals surface area contributed by atoms with Gasteiger partial charge in [-0.15, -0.1) is 11.6 Å². The molecule has 1 aromatic heterocycles. The zero-order valence-corrected chi connectivity index (χ0v) is 7.69. The third-order valence-electron chi connectivity index (χ3n) is 1.56. The highest BCUT2D eigenvalue weighted by molar-refractivity contribution is 6.17. The Balaban J connectivity index is 3.27. The highest BCUT2D eigenvalue weighted by Crippen LogP contribution is 2.15. The van der Waals surface area contributed by atoms with E-state index in [0.29, 0.717) is 0 Å². The summed E-state index contributed by atoms with van der Waals surface area (Å²) in [6.07, 6.45) is 1.03. The van der Waals surface area contributed by atoms with Crippen LogP contribution in [0, 0.1) is 10.1 Å². The molecule has 0 aliphatic heterocycles. The standard InChI is InChI=1S/C7H6ClN3O3/c8-2-6-5(7(9)12)1-4(3-10-6)11(13)14/h1,3H,2H2,(H2,9,12). The van der Waals surface area contributed by atoms with E-state index in [-0.39, 0.29) is 22.8 Å². The minimum Gasteiger partial charge on any atom is -0.366 e. The Kier molecular flexibility index (Phi) is 2.98. The first kappa shape index (κ1) is 10.4. The topological polar surface area (TPSA) is 99.1 Å². The SMILES string of the molecule is NC(=O)c1cc([N+](=O)[O-])cnc1CCl. The van der Waals surface area contributed by atoms with E-state index < -0.39 is 10.8 Å². The zero-order chi connectivity index (χ0) is 10.7. The van der Waals surface area contributed by atoms with Crippen molar-refractivity contribution >= 4 is 23.2 Å². The lowest BCUT2D eigenvalue weighted by Gasteiger charge is -2.00. The van der Waals surface area contributed by atoms with Crippen LogP contribution in [0.25, 0.3) is 0 Å². The molecule has 0 fully saturated rings. The van der Waals surface area contributed by atoms with Crippen LogP contribution in [0.2, 0.25) is 0 Å². The molecule has 0 radical (unpaired) electrons. The molecular weight excluding hydrogens is 210 g/mol. The van der Waals surface area contributed by atoms with Crippen molar-refractivity contribution in [2.45, 2.75) is 5.88 Å². The number of nitrogens with two attached hydrogens (primary N) is 1. The number of carbonyl (C=O) groups is 1. The number of amides is 1. The Morgan fingerprint density at radius 1 is 1.71 bits per heavy atom. The molecule has 14 heavy (non-hydrogen) atoms. The molecule has 1 amide bonds. The fourth-order valence-corrected chi connectivity index (χ4v) is 1.11. The first-order chi connectivity index (χ1) is 6.56. The molecule has 0 aliphatic rings. The number of hydrogen-bond acceptors (Lipinski definition) is 4. The maximum Gasteiger partial charge on any atom is 0.288 e. The van der Waals surface area contributed by atoms with Crippen molar-refractivity contribution in [3.05, 3.63) is 33.6 Å². The van der Waals surface area contributed by atoms with E-state index in [1.54, 1.807) is 0 Å². The maximum absolute atomic E-state index is 10.9. The lowest BCUT2D eigenvalue weighted by molar-refractivity contribution is -0.385. The highest BCUT2D eigenvalue weighted by atomic mass is 35.5. The fraction of sp³-hybridized carbons (Fsp3) is 0.143. The number of pyridine rings is 1. The number of halogens is 1. The summed E-state index contributed by atoms with van der Waals surface area (Å²) in [6, 6.07) is 1.06. The van der Waals surface area contributed by atoms with E-state index in [4.69, 9.17) is 17.3 Å². The predicted octanol–water partition coefficient (Wildman–Crippen LogP) is 0.828. The van der Waals surface area contributed by atoms with Gasteiger partial charge in [0.2, 0.25) is 0 Å². The predicted molar refractivity (Wildman–Crippen MR) is 49.0 cm³/mol. The molecule has 0 bridgehead atoms. The summed E-state index contributed by atoms with van der Waals surface area (Å²) in [5, 5.41) is 10.4. The van der Waals surface area contributed by atoms with Crippen molar-refractivity contribution in [2.75, 3.05) is 0 Å². The summed E-state index contributed by atoms with van der Waals surface area (Å²) in [7, 11) is 0. The molecule has 0 saturated carbocycles. The average Bonchev–Trinajstić information content (AvgIpc) is 2.16. The van der Waals surface area contributed by atoms with Crippen LogP contribution in [0.1, 0.15) is 16.1 Å². The Hall–Kier alpha value is -1.69. The Morgan fingerprint density at radius 2 is 2.36 bits per heavy atom. The second-order valence-electron chi connectivity index (χ2n) is 2.44. The largest absolute Gasteiger partial charge is 0.366 e. The van der Waals surface area contributed by atoms with E-state index in [1.807, 2.05) is 0 Å². The molecule has 0 aromatic carbocycles. The summed E-state index contributed by atoms with van der Waals surface area (Å²) in [5.74, 6) is -0.798. The van der Waals surface area contributed by atoms with E-state index in [9.17, 15) is 14.9 Å². The molecule has 0 unspecified atom stereocenters. The first-order valence-electron chi connectivity index (χ1n) is 3.55. The van der Waals surface area contributed by atoms with Gasteiger partial charge in [0.25, 0.3) is 11.6 Å². The van der Waals surface area contributed by atoms with Crippen molar-refractivity contribution < 1.29 is 9.72 Å². The van der Waals surface area contributed by atoms with Gasteiger partial charge in [0.1, 0.15) is 6.20 Å². The van der Waals surface area contributed by atoms with Crippen LogP contribution in [0.15, 0.2) is 12.3 Å². The van der Waals surface area contributed by atoms with Gasteiger partial charge in [-0.2, -0.15) is 0 Å². The van der Waals surface area contributed by atoms with Crippen molar-refractivity contribution in [2.24, 2.45) is 5.73 Å². The number of aromatic nitrogens is 1. The number of hydrogen-bond donors (Lipinski definition) is 1. The maximum atomic E-state index is 10.9. The second-order valence-corrected chi connectivity index (χ2v) is 2.71. The average molecular weight is 216 g/mol. The molecule has 0 saturated heterocycles. The van der Waals surface area contributed by atoms with Gasteiger partial charge in [-0.05, 0) is 0 Å². The Bertz CT molecular complexity index is 394. The third kappa shape index (κ3) is 1.97. The summed E-state index contributed by atoms with van der Waals surface area (Å²) in [4.78, 5) is 24.2. The minimum absolute atomic E-state index is 0.0176. The van der Waals surface area contributed by atoms with Gasteiger partial charge in [-0.25, -0.2) is 0 Å². The summed E-state index contributed by atoms with van der Waals surface area (Å²) >= 11 is 5.47. The van der Waals surface area contributed by atoms with E-state index in [2.05, 4.69) is 4.98 Å². The third-order valence-corrected chi connectivity index (χ3v) is 1.81. The lowest BCUT2D eigenvalue weighted by atomic mass is 10.2. The summed E-state index contributed by atoms with van der Waals surface area (Å²) < 4.78 is 0. The van der Waals surface area contributed by atoms with Crippen molar-refractivity contribution in [3.63, 3.8) is 0 Å². The molecule has 1 aromatic rings. The van der Waals surface area contributed by atoms with Crippen molar-refractivity contribution in [3.8, 4) is 0 Å². The van der Waals surface area contributed by atoms with E-state index >= 15 is 0 Å². The van der Waals surface area contributed by atoms with Crippen molar-refractivity contribution in [1.82, 2.24) is 4.98 Å². The van der Waals surface area contributed by atoms with Gasteiger partial charge < -0.3 is 5.73 Å². The van der Waals surface area contributed by atoms with E-state index in [0.717, 1.165) is 12.3 Å². The number of carbonyl (C=O) groups excluding carboxylic acids is 1. The normalized spacial score (nSPS) is 9.79. The van der Waals surface area contributed by atoms with Gasteiger partial charge in [-0.3, -0.25) is 19.9 Å². The van der Waals surface area contributed by atoms with Crippen LogP contribution in [0.3, 0.4) is 0 Å². The van der Waals surface area contributed by atoms with Gasteiger partial charge in [0.15, 0.2) is 0 Å². The summed E-state index contributed by atoms with van der Waals surface area (Å²) in [6.45, 7) is 0. The van der Waals surface area contributed by atoms with Crippen LogP contribution in [0.5, 0.6) is 0 Å². The fourth-order valence-electron chi connectivity index (χ4n) is 0.902. The molecule has 7 heteroatoms. The molecule has 0 spiro atoms. The van der Waals surface area contributed by atoms with Crippen LogP contribution >= 0.6 is 11.6 Å². The van der Waals surface area contributed by atoms with Gasteiger partial charge in [0.05, 0.1) is 22.1 Å². The zero-order valence-electron chi connectivity index (χ0n) is 6.94. The molecule has 1 heterocycles. The molecule has 1 rings (SSSR count). The number of nitrogens with zero attached hydrogens (tertiary/aromatic N) is 2.